The van der Waals surface area contributed by atoms with Crippen molar-refractivity contribution in [2.75, 3.05) is 20.1 Å². The molecule has 0 spiro atoms. The van der Waals surface area contributed by atoms with Crippen molar-refractivity contribution in [1.29, 1.82) is 0 Å². The molecular weight excluding hydrogens is 616 g/mol. The zero-order valence-electron chi connectivity index (χ0n) is 27.4. The first-order valence-electron chi connectivity index (χ1n) is 16.5. The molecular formula is C35H46N6O7. The molecule has 1 heterocycles. The second kappa shape index (κ2) is 17.8. The van der Waals surface area contributed by atoms with E-state index in [-0.39, 0.29) is 44.0 Å². The van der Waals surface area contributed by atoms with Gasteiger partial charge in [-0.05, 0) is 44.1 Å². The molecule has 5 atom stereocenters. The average Bonchev–Trinajstić information content (AvgIpc) is 3.61. The molecule has 13 heteroatoms. The molecule has 13 nitrogen and oxygen atoms in total. The summed E-state index contributed by atoms with van der Waals surface area (Å²) in [6, 6.07) is 15.7. The number of carbonyl (C=O) groups excluding carboxylic acids is 5. The molecule has 258 valence electrons. The minimum absolute atomic E-state index is 0.0930. The molecule has 2 aliphatic rings. The van der Waals surface area contributed by atoms with E-state index in [1.807, 2.05) is 30.3 Å². The van der Waals surface area contributed by atoms with Crippen molar-refractivity contribution in [2.24, 2.45) is 22.4 Å². The highest BCUT2D eigenvalue weighted by atomic mass is 16.6. The number of nitrogens with one attached hydrogen (secondary N) is 1. The summed E-state index contributed by atoms with van der Waals surface area (Å²) < 4.78 is 10.8. The summed E-state index contributed by atoms with van der Waals surface area (Å²) in [7, 11) is 1.65. The predicted molar refractivity (Wildman–Crippen MR) is 178 cm³/mol. The van der Waals surface area contributed by atoms with Crippen LogP contribution in [0.1, 0.15) is 68.6 Å². The van der Waals surface area contributed by atoms with E-state index < -0.39 is 41.9 Å². The number of benzene rings is 2. The first-order valence-corrected chi connectivity index (χ1v) is 16.5. The van der Waals surface area contributed by atoms with Gasteiger partial charge in [0.05, 0.1) is 12.0 Å². The van der Waals surface area contributed by atoms with Crippen molar-refractivity contribution in [1.82, 2.24) is 15.1 Å². The summed E-state index contributed by atoms with van der Waals surface area (Å²) in [5.74, 6) is -1.76. The molecule has 2 aromatic carbocycles. The van der Waals surface area contributed by atoms with Gasteiger partial charge in [0.2, 0.25) is 11.8 Å². The number of nitrogens with zero attached hydrogens (tertiary/aromatic N) is 3. The maximum atomic E-state index is 14.1. The third kappa shape index (κ3) is 9.55. The number of rotatable bonds is 15. The Kier molecular flexibility index (Phi) is 13.3. The molecule has 0 bridgehead atoms. The van der Waals surface area contributed by atoms with Crippen molar-refractivity contribution in [3.05, 3.63) is 71.8 Å². The van der Waals surface area contributed by atoms with Crippen molar-refractivity contribution >= 4 is 36.1 Å². The zero-order chi connectivity index (χ0) is 34.5. The number of ketones is 1. The number of ether oxygens (including phenoxy) is 2. The van der Waals surface area contributed by atoms with Crippen LogP contribution in [-0.2, 0) is 35.3 Å². The number of guanidine groups is 1. The van der Waals surface area contributed by atoms with Gasteiger partial charge in [0.25, 0.3) is 6.47 Å². The van der Waals surface area contributed by atoms with E-state index in [0.29, 0.717) is 44.2 Å². The van der Waals surface area contributed by atoms with Gasteiger partial charge in [0.1, 0.15) is 12.6 Å². The molecule has 4 rings (SSSR count). The van der Waals surface area contributed by atoms with Gasteiger partial charge >= 0.3 is 6.09 Å². The molecule has 3 unspecified atom stereocenters. The molecule has 1 saturated carbocycles. The van der Waals surface area contributed by atoms with E-state index >= 15 is 0 Å². The van der Waals surface area contributed by atoms with Crippen molar-refractivity contribution in [3.8, 4) is 0 Å². The number of hydrogen-bond donors (Lipinski definition) is 3. The van der Waals surface area contributed by atoms with Crippen LogP contribution in [-0.4, -0.2) is 84.2 Å². The van der Waals surface area contributed by atoms with Crippen LogP contribution in [0.2, 0.25) is 0 Å². The molecule has 3 amide bonds. The van der Waals surface area contributed by atoms with Gasteiger partial charge in [0.15, 0.2) is 17.8 Å². The van der Waals surface area contributed by atoms with Crippen LogP contribution >= 0.6 is 0 Å². The van der Waals surface area contributed by atoms with E-state index in [1.165, 1.54) is 4.90 Å². The highest BCUT2D eigenvalue weighted by molar-refractivity contribution is 5.96. The largest absolute Gasteiger partial charge is 0.452 e. The molecule has 1 saturated heterocycles. The predicted octanol–water partition coefficient (Wildman–Crippen LogP) is 2.83. The van der Waals surface area contributed by atoms with Crippen molar-refractivity contribution in [2.45, 2.75) is 82.2 Å². The van der Waals surface area contributed by atoms with E-state index in [4.69, 9.17) is 20.9 Å². The Labute approximate surface area is 281 Å². The number of nitrogens with two attached hydrogens (primary N) is 2. The van der Waals surface area contributed by atoms with E-state index in [2.05, 4.69) is 10.3 Å². The summed E-state index contributed by atoms with van der Waals surface area (Å²) in [6.07, 6.45) is 2.74. The summed E-state index contributed by atoms with van der Waals surface area (Å²) in [5.41, 5.74) is 12.2. The Bertz CT molecular complexity index is 1420. The maximum absolute atomic E-state index is 14.1. The minimum atomic E-state index is -1.24. The maximum Gasteiger partial charge on any atom is 0.410 e. The Hall–Kier alpha value is -4.94. The first-order chi connectivity index (χ1) is 23.2. The fraction of sp³-hybridized carbons (Fsp3) is 0.486. The van der Waals surface area contributed by atoms with E-state index in [9.17, 15) is 24.0 Å². The van der Waals surface area contributed by atoms with Gasteiger partial charge < -0.3 is 36.1 Å². The monoisotopic (exact) mass is 662 g/mol. The average molecular weight is 663 g/mol. The summed E-state index contributed by atoms with van der Waals surface area (Å²) in [5, 5.41) is 2.85. The summed E-state index contributed by atoms with van der Waals surface area (Å²) >= 11 is 0. The molecule has 0 aromatic heterocycles. The van der Waals surface area contributed by atoms with Crippen LogP contribution in [0.4, 0.5) is 4.79 Å². The second-order valence-corrected chi connectivity index (χ2v) is 12.2. The number of hydrogen-bond acceptors (Lipinski definition) is 8. The standard InChI is InChI=1S/C35H46N6O7/c1-40(35(46)47-22-24-12-4-2-5-13-24)28-18-9-8-16-26(28)33(45)41-21-11-19-29(41)32(44)39-27(17-10-20-38-34(36)37)30(43)31(48-23-42)25-14-6-3-7-15-25/h2-7,12-15,23,26-29,31H,8-11,16-22H2,1H3,(H,39,44)(H4,36,37,38)/t26?,27-,28?,29-,31?/m0/s1. The number of Topliss-reactive ketones (excluding diaryl/α,β-unsaturated/α-hetero) is 1. The van der Waals surface area contributed by atoms with Gasteiger partial charge in [-0.15, -0.1) is 0 Å². The molecule has 0 radical (unpaired) electrons. The molecule has 2 aromatic rings. The quantitative estimate of drug-likeness (QED) is 0.112. The van der Waals surface area contributed by atoms with Gasteiger partial charge in [0, 0.05) is 31.7 Å². The smallest absolute Gasteiger partial charge is 0.410 e. The Morgan fingerprint density at radius 3 is 2.38 bits per heavy atom. The Morgan fingerprint density at radius 2 is 1.69 bits per heavy atom. The Balaban J connectivity index is 1.47. The fourth-order valence-electron chi connectivity index (χ4n) is 6.57. The topological polar surface area (TPSA) is 187 Å². The van der Waals surface area contributed by atoms with Gasteiger partial charge in [-0.1, -0.05) is 73.5 Å². The van der Waals surface area contributed by atoms with Crippen LogP contribution in [0.5, 0.6) is 0 Å². The third-order valence-electron chi connectivity index (χ3n) is 9.03. The van der Waals surface area contributed by atoms with E-state index in [1.54, 1.807) is 42.3 Å². The van der Waals surface area contributed by atoms with Gasteiger partial charge in [-0.25, -0.2) is 4.79 Å². The number of amides is 3. The van der Waals surface area contributed by atoms with Gasteiger partial charge in [-0.3, -0.25) is 24.2 Å². The minimum Gasteiger partial charge on any atom is -0.452 e. The van der Waals surface area contributed by atoms with Crippen molar-refractivity contribution in [3.63, 3.8) is 0 Å². The van der Waals surface area contributed by atoms with Gasteiger partial charge in [-0.2, -0.15) is 0 Å². The third-order valence-corrected chi connectivity index (χ3v) is 9.03. The highest BCUT2D eigenvalue weighted by Crippen LogP contribution is 2.32. The van der Waals surface area contributed by atoms with Crippen molar-refractivity contribution < 1.29 is 33.4 Å². The summed E-state index contributed by atoms with van der Waals surface area (Å²) in [4.78, 5) is 73.2. The molecule has 48 heavy (non-hydrogen) atoms. The lowest BCUT2D eigenvalue weighted by Gasteiger charge is -2.39. The molecule has 5 N–H and O–H groups in total. The lowest BCUT2D eigenvalue weighted by Crippen LogP contribution is -2.55. The fourth-order valence-corrected chi connectivity index (χ4v) is 6.57. The van der Waals surface area contributed by atoms with Crippen LogP contribution < -0.4 is 16.8 Å². The lowest BCUT2D eigenvalue weighted by molar-refractivity contribution is -0.147. The molecule has 2 fully saturated rings. The number of aliphatic imine (C=N–C) groups is 1. The normalized spacial score (nSPS) is 20.1. The SMILES string of the molecule is CN(C(=O)OCc1ccccc1)C1CCCCC1C(=O)N1CCC[C@H]1C(=O)N[C@@H](CCCN=C(N)N)C(=O)C(OC=O)c1ccccc1. The van der Waals surface area contributed by atoms with Crippen LogP contribution in [0.15, 0.2) is 65.7 Å². The molecule has 1 aliphatic heterocycles. The lowest BCUT2D eigenvalue weighted by atomic mass is 9.82. The highest BCUT2D eigenvalue weighted by Gasteiger charge is 2.43. The van der Waals surface area contributed by atoms with Crippen LogP contribution in [0.25, 0.3) is 0 Å². The molecule has 1 aliphatic carbocycles. The van der Waals surface area contributed by atoms with E-state index in [0.717, 1.165) is 18.4 Å². The van der Waals surface area contributed by atoms with Crippen LogP contribution in [0, 0.1) is 5.92 Å². The first kappa shape index (κ1) is 35.9. The zero-order valence-corrected chi connectivity index (χ0v) is 27.4. The summed E-state index contributed by atoms with van der Waals surface area (Å²) in [6.45, 7) is 0.941. The van der Waals surface area contributed by atoms with Crippen LogP contribution in [0.3, 0.4) is 0 Å². The Morgan fingerprint density at radius 1 is 1.00 bits per heavy atom. The number of likely N-dealkylation sites (tertiary alicyclic amines) is 1. The second-order valence-electron chi connectivity index (χ2n) is 12.2. The number of carbonyl (C=O) groups is 5.